The van der Waals surface area contributed by atoms with Gasteiger partial charge in [-0.05, 0) is 26.0 Å². The number of thioether (sulfide) groups is 1. The Morgan fingerprint density at radius 3 is 2.83 bits per heavy atom. The van der Waals surface area contributed by atoms with Crippen molar-refractivity contribution < 1.29 is 0 Å². The molecule has 1 aliphatic heterocycles. The number of hydrogen-bond donors (Lipinski definition) is 0. The van der Waals surface area contributed by atoms with Crippen LogP contribution in [0.25, 0.3) is 0 Å². The third-order valence-electron chi connectivity index (χ3n) is 2.16. The maximum atomic E-state index is 2.43. The van der Waals surface area contributed by atoms with Crippen molar-refractivity contribution in [1.82, 2.24) is 0 Å². The lowest BCUT2D eigenvalue weighted by Gasteiger charge is -2.22. The van der Waals surface area contributed by atoms with E-state index in [1.807, 2.05) is 11.8 Å². The molecule has 64 valence electrons. The summed E-state index contributed by atoms with van der Waals surface area (Å²) in [5.74, 6) is 1.11. The molecule has 0 amide bonds. The van der Waals surface area contributed by atoms with E-state index in [1.165, 1.54) is 10.6 Å². The zero-order valence-electron chi connectivity index (χ0n) is 7.45. The molecule has 0 unspecified atom stereocenters. The molecule has 0 spiro atoms. The fraction of sp³-hybridized carbons (Fsp3) is 0.400. The smallest absolute Gasteiger partial charge is 0.0689 e. The largest absolute Gasteiger partial charge is 0.359 e. The Bertz CT molecular complexity index is 283. The molecule has 1 heterocycles. The van der Waals surface area contributed by atoms with Gasteiger partial charge in [-0.15, -0.1) is 11.8 Å². The van der Waals surface area contributed by atoms with Gasteiger partial charge < -0.3 is 4.90 Å². The molecule has 2 rings (SSSR count). The summed E-state index contributed by atoms with van der Waals surface area (Å²) in [6, 6.07) is 9.23. The molecule has 1 aromatic rings. The topological polar surface area (TPSA) is 3.24 Å². The number of fused-ring (bicyclic) bond motifs is 1. The van der Waals surface area contributed by atoms with E-state index in [2.05, 4.69) is 43.0 Å². The monoisotopic (exact) mass is 179 g/mol. The fourth-order valence-corrected chi connectivity index (χ4v) is 2.68. The summed E-state index contributed by atoms with van der Waals surface area (Å²) >= 11 is 1.93. The van der Waals surface area contributed by atoms with E-state index < -0.39 is 0 Å². The van der Waals surface area contributed by atoms with Crippen LogP contribution >= 0.6 is 11.8 Å². The van der Waals surface area contributed by atoms with Crippen LogP contribution in [-0.4, -0.2) is 11.9 Å². The predicted octanol–water partition coefficient (Wildman–Crippen LogP) is 2.96. The Labute approximate surface area is 77.8 Å². The molecule has 0 saturated heterocycles. The van der Waals surface area contributed by atoms with E-state index in [1.54, 1.807) is 0 Å². The molecule has 0 bridgehead atoms. The van der Waals surface area contributed by atoms with Crippen molar-refractivity contribution in [2.75, 3.05) is 10.8 Å². The average Bonchev–Trinajstić information content (AvgIpc) is 2.47. The SMILES string of the molecule is CC(C)N1CSc2ccccc21. The second-order valence-electron chi connectivity index (χ2n) is 3.30. The quantitative estimate of drug-likeness (QED) is 0.652. The highest BCUT2D eigenvalue weighted by atomic mass is 32.2. The van der Waals surface area contributed by atoms with Crippen LogP contribution in [-0.2, 0) is 0 Å². The van der Waals surface area contributed by atoms with Crippen molar-refractivity contribution in [1.29, 1.82) is 0 Å². The molecule has 0 aromatic heterocycles. The molecule has 0 N–H and O–H groups in total. The van der Waals surface area contributed by atoms with Crippen LogP contribution in [0.4, 0.5) is 5.69 Å². The normalized spacial score (nSPS) is 15.4. The van der Waals surface area contributed by atoms with Gasteiger partial charge >= 0.3 is 0 Å². The van der Waals surface area contributed by atoms with Gasteiger partial charge in [-0.1, -0.05) is 12.1 Å². The molecule has 1 nitrogen and oxygen atoms in total. The number of rotatable bonds is 1. The molecule has 0 saturated carbocycles. The highest BCUT2D eigenvalue weighted by molar-refractivity contribution is 7.99. The standard InChI is InChI=1S/C10H13NS/c1-8(2)11-7-12-10-6-4-3-5-9(10)11/h3-6,8H,7H2,1-2H3. The first-order valence-electron chi connectivity index (χ1n) is 4.27. The van der Waals surface area contributed by atoms with E-state index in [0.717, 1.165) is 5.88 Å². The van der Waals surface area contributed by atoms with Crippen molar-refractivity contribution in [3.05, 3.63) is 24.3 Å². The van der Waals surface area contributed by atoms with Gasteiger partial charge in [0.2, 0.25) is 0 Å². The van der Waals surface area contributed by atoms with Gasteiger partial charge in [0.25, 0.3) is 0 Å². The Morgan fingerprint density at radius 1 is 1.33 bits per heavy atom. The van der Waals surface area contributed by atoms with Crippen LogP contribution in [0.1, 0.15) is 13.8 Å². The first-order chi connectivity index (χ1) is 5.79. The second kappa shape index (κ2) is 3.02. The lowest BCUT2D eigenvalue weighted by atomic mass is 10.2. The van der Waals surface area contributed by atoms with Gasteiger partial charge in [-0.3, -0.25) is 0 Å². The average molecular weight is 179 g/mol. The highest BCUT2D eigenvalue weighted by Crippen LogP contribution is 2.38. The van der Waals surface area contributed by atoms with Crippen molar-refractivity contribution >= 4 is 17.4 Å². The molecule has 0 aliphatic carbocycles. The third kappa shape index (κ3) is 1.20. The molecule has 0 fully saturated rings. The van der Waals surface area contributed by atoms with Gasteiger partial charge in [0.05, 0.1) is 11.6 Å². The Hall–Kier alpha value is -0.630. The summed E-state index contributed by atoms with van der Waals surface area (Å²) in [5, 5.41) is 0. The number of hydrogen-bond acceptors (Lipinski definition) is 2. The van der Waals surface area contributed by atoms with E-state index in [4.69, 9.17) is 0 Å². The number of anilines is 1. The van der Waals surface area contributed by atoms with E-state index in [0.29, 0.717) is 6.04 Å². The minimum atomic E-state index is 0.612. The molecule has 0 atom stereocenters. The number of benzene rings is 1. The van der Waals surface area contributed by atoms with E-state index in [9.17, 15) is 0 Å². The molecule has 1 aromatic carbocycles. The molecular formula is C10H13NS. The zero-order chi connectivity index (χ0) is 8.55. The van der Waals surface area contributed by atoms with Crippen LogP contribution in [0, 0.1) is 0 Å². The Kier molecular flexibility index (Phi) is 2.01. The minimum Gasteiger partial charge on any atom is -0.359 e. The molecular weight excluding hydrogens is 166 g/mol. The highest BCUT2D eigenvalue weighted by Gasteiger charge is 2.20. The van der Waals surface area contributed by atoms with E-state index >= 15 is 0 Å². The maximum Gasteiger partial charge on any atom is 0.0689 e. The molecule has 2 heteroatoms. The summed E-state index contributed by atoms with van der Waals surface area (Å²) in [5.41, 5.74) is 1.40. The van der Waals surface area contributed by atoms with Crippen molar-refractivity contribution in [3.63, 3.8) is 0 Å². The molecule has 0 radical (unpaired) electrons. The Morgan fingerprint density at radius 2 is 2.08 bits per heavy atom. The second-order valence-corrected chi connectivity index (χ2v) is 4.29. The van der Waals surface area contributed by atoms with Crippen LogP contribution < -0.4 is 4.90 Å². The summed E-state index contributed by atoms with van der Waals surface area (Å²) in [6.45, 7) is 4.48. The number of nitrogens with zero attached hydrogens (tertiary/aromatic N) is 1. The predicted molar refractivity (Wildman–Crippen MR) is 54.8 cm³/mol. The van der Waals surface area contributed by atoms with Gasteiger partial charge in [0, 0.05) is 10.9 Å². The summed E-state index contributed by atoms with van der Waals surface area (Å²) in [6.07, 6.45) is 0. The van der Waals surface area contributed by atoms with Gasteiger partial charge in [0.15, 0.2) is 0 Å². The fourth-order valence-electron chi connectivity index (χ4n) is 1.45. The van der Waals surface area contributed by atoms with Crippen LogP contribution in [0.2, 0.25) is 0 Å². The first-order valence-corrected chi connectivity index (χ1v) is 5.26. The summed E-state index contributed by atoms with van der Waals surface area (Å²) in [4.78, 5) is 3.85. The van der Waals surface area contributed by atoms with Crippen LogP contribution in [0.3, 0.4) is 0 Å². The van der Waals surface area contributed by atoms with Gasteiger partial charge in [-0.25, -0.2) is 0 Å². The van der Waals surface area contributed by atoms with E-state index in [-0.39, 0.29) is 0 Å². The van der Waals surface area contributed by atoms with Crippen molar-refractivity contribution in [2.24, 2.45) is 0 Å². The van der Waals surface area contributed by atoms with Crippen molar-refractivity contribution in [3.8, 4) is 0 Å². The summed E-state index contributed by atoms with van der Waals surface area (Å²) < 4.78 is 0. The lowest BCUT2D eigenvalue weighted by molar-refractivity contribution is 0.746. The molecule has 12 heavy (non-hydrogen) atoms. The summed E-state index contributed by atoms with van der Waals surface area (Å²) in [7, 11) is 0. The van der Waals surface area contributed by atoms with Gasteiger partial charge in [-0.2, -0.15) is 0 Å². The third-order valence-corrected chi connectivity index (χ3v) is 3.22. The first kappa shape index (κ1) is 7.99. The van der Waals surface area contributed by atoms with Gasteiger partial charge in [0.1, 0.15) is 0 Å². The number of para-hydroxylation sites is 1. The lowest BCUT2D eigenvalue weighted by Crippen LogP contribution is -2.27. The van der Waals surface area contributed by atoms with Crippen LogP contribution in [0.15, 0.2) is 29.2 Å². The minimum absolute atomic E-state index is 0.612. The van der Waals surface area contributed by atoms with Crippen LogP contribution in [0.5, 0.6) is 0 Å². The van der Waals surface area contributed by atoms with Crippen molar-refractivity contribution in [2.45, 2.75) is 24.8 Å². The maximum absolute atomic E-state index is 2.43. The Balaban J connectivity index is 2.36. The zero-order valence-corrected chi connectivity index (χ0v) is 8.27. The molecule has 1 aliphatic rings.